The molecule has 0 aliphatic carbocycles. The first kappa shape index (κ1) is 12.4. The van der Waals surface area contributed by atoms with Gasteiger partial charge in [0.2, 0.25) is 0 Å². The summed E-state index contributed by atoms with van der Waals surface area (Å²) in [7, 11) is 0. The Morgan fingerprint density at radius 3 is 2.76 bits per heavy atom. The number of hydrogen-bond donors (Lipinski definition) is 1. The average Bonchev–Trinajstić information content (AvgIpc) is 2.80. The molecule has 0 aliphatic heterocycles. The van der Waals surface area contributed by atoms with Crippen molar-refractivity contribution < 1.29 is 5.11 Å². The van der Waals surface area contributed by atoms with Crippen LogP contribution in [0.15, 0.2) is 30.6 Å². The zero-order chi connectivity index (χ0) is 12.4. The smallest absolute Gasteiger partial charge is 0.142 e. The summed E-state index contributed by atoms with van der Waals surface area (Å²) in [6.07, 6.45) is 2.70. The standard InChI is InChI=1S/C12H12Cl2N2O/c1-2-16-6-5-15-12(16)11(17)8-3-4-9(13)10(14)7-8/h3-7,11,17H,2H2,1H3. The SMILES string of the molecule is CCn1ccnc1C(O)c1ccc(Cl)c(Cl)c1. The third kappa shape index (κ3) is 2.46. The fourth-order valence-electron chi connectivity index (χ4n) is 1.67. The van der Waals surface area contributed by atoms with Crippen molar-refractivity contribution in [3.8, 4) is 0 Å². The van der Waals surface area contributed by atoms with Crippen LogP contribution < -0.4 is 0 Å². The van der Waals surface area contributed by atoms with Crippen molar-refractivity contribution in [1.29, 1.82) is 0 Å². The van der Waals surface area contributed by atoms with Crippen LogP contribution in [0, 0.1) is 0 Å². The van der Waals surface area contributed by atoms with Gasteiger partial charge in [-0.05, 0) is 24.6 Å². The van der Waals surface area contributed by atoms with Gasteiger partial charge in [-0.3, -0.25) is 0 Å². The molecule has 1 aromatic heterocycles. The predicted molar refractivity (Wildman–Crippen MR) is 68.4 cm³/mol. The molecule has 0 saturated heterocycles. The number of nitrogens with zero attached hydrogens (tertiary/aromatic N) is 2. The molecule has 0 amide bonds. The Bertz CT molecular complexity index is 525. The zero-order valence-electron chi connectivity index (χ0n) is 9.27. The van der Waals surface area contributed by atoms with Gasteiger partial charge in [0.25, 0.3) is 0 Å². The quantitative estimate of drug-likeness (QED) is 0.930. The molecule has 0 aliphatic rings. The summed E-state index contributed by atoms with van der Waals surface area (Å²) in [6, 6.07) is 5.07. The first-order chi connectivity index (χ1) is 8.13. The lowest BCUT2D eigenvalue weighted by Crippen LogP contribution is -2.08. The number of imidazole rings is 1. The van der Waals surface area contributed by atoms with Crippen LogP contribution in [0.25, 0.3) is 0 Å². The summed E-state index contributed by atoms with van der Waals surface area (Å²) in [6.45, 7) is 2.75. The van der Waals surface area contributed by atoms with Crippen molar-refractivity contribution in [2.24, 2.45) is 0 Å². The van der Waals surface area contributed by atoms with Crippen molar-refractivity contribution in [2.75, 3.05) is 0 Å². The van der Waals surface area contributed by atoms with E-state index in [0.717, 1.165) is 6.54 Å². The Hall–Kier alpha value is -1.03. The van der Waals surface area contributed by atoms with Gasteiger partial charge in [-0.15, -0.1) is 0 Å². The van der Waals surface area contributed by atoms with E-state index in [1.54, 1.807) is 24.4 Å². The van der Waals surface area contributed by atoms with Gasteiger partial charge < -0.3 is 9.67 Å². The second kappa shape index (κ2) is 5.08. The van der Waals surface area contributed by atoms with Gasteiger partial charge in [-0.2, -0.15) is 0 Å². The maximum atomic E-state index is 10.2. The van der Waals surface area contributed by atoms with Gasteiger partial charge in [-0.25, -0.2) is 4.98 Å². The lowest BCUT2D eigenvalue weighted by atomic mass is 10.1. The van der Waals surface area contributed by atoms with Crippen LogP contribution in [-0.4, -0.2) is 14.7 Å². The van der Waals surface area contributed by atoms with E-state index >= 15 is 0 Å². The highest BCUT2D eigenvalue weighted by atomic mass is 35.5. The summed E-state index contributed by atoms with van der Waals surface area (Å²) in [5.41, 5.74) is 0.681. The Morgan fingerprint density at radius 2 is 2.12 bits per heavy atom. The van der Waals surface area contributed by atoms with Gasteiger partial charge in [0.15, 0.2) is 0 Å². The number of aliphatic hydroxyl groups is 1. The topological polar surface area (TPSA) is 38.0 Å². The third-order valence-electron chi connectivity index (χ3n) is 2.59. The molecule has 0 fully saturated rings. The molecule has 0 bridgehead atoms. The highest BCUT2D eigenvalue weighted by Crippen LogP contribution is 2.28. The van der Waals surface area contributed by atoms with Crippen LogP contribution in [0.3, 0.4) is 0 Å². The van der Waals surface area contributed by atoms with Crippen molar-refractivity contribution in [3.05, 3.63) is 52.0 Å². The van der Waals surface area contributed by atoms with E-state index < -0.39 is 6.10 Å². The molecule has 2 rings (SSSR count). The van der Waals surface area contributed by atoms with Gasteiger partial charge in [0, 0.05) is 18.9 Å². The fraction of sp³-hybridized carbons (Fsp3) is 0.250. The number of benzene rings is 1. The summed E-state index contributed by atoms with van der Waals surface area (Å²) in [5, 5.41) is 11.1. The maximum absolute atomic E-state index is 10.2. The predicted octanol–water partition coefficient (Wildman–Crippen LogP) is 3.29. The van der Waals surface area contributed by atoms with E-state index in [2.05, 4.69) is 4.98 Å². The number of aryl methyl sites for hydroxylation is 1. The first-order valence-corrected chi connectivity index (χ1v) is 6.03. The Balaban J connectivity index is 2.36. The van der Waals surface area contributed by atoms with Crippen molar-refractivity contribution in [2.45, 2.75) is 19.6 Å². The van der Waals surface area contributed by atoms with E-state index in [4.69, 9.17) is 23.2 Å². The number of aromatic nitrogens is 2. The summed E-state index contributed by atoms with van der Waals surface area (Å²) >= 11 is 11.8. The average molecular weight is 271 g/mol. The normalized spacial score (nSPS) is 12.7. The Kier molecular flexibility index (Phi) is 3.72. The molecule has 3 nitrogen and oxygen atoms in total. The summed E-state index contributed by atoms with van der Waals surface area (Å²) in [4.78, 5) is 4.15. The van der Waals surface area contributed by atoms with Crippen molar-refractivity contribution in [3.63, 3.8) is 0 Å². The summed E-state index contributed by atoms with van der Waals surface area (Å²) in [5.74, 6) is 0.603. The molecular weight excluding hydrogens is 259 g/mol. The molecule has 2 aromatic rings. The minimum Gasteiger partial charge on any atom is -0.380 e. The summed E-state index contributed by atoms with van der Waals surface area (Å²) < 4.78 is 1.88. The lowest BCUT2D eigenvalue weighted by molar-refractivity contribution is 0.205. The largest absolute Gasteiger partial charge is 0.380 e. The maximum Gasteiger partial charge on any atom is 0.142 e. The molecular formula is C12H12Cl2N2O. The molecule has 0 spiro atoms. The molecule has 0 saturated carbocycles. The van der Waals surface area contributed by atoms with Crippen molar-refractivity contribution >= 4 is 23.2 Å². The highest BCUT2D eigenvalue weighted by molar-refractivity contribution is 6.42. The van der Waals surface area contributed by atoms with E-state index in [0.29, 0.717) is 21.4 Å². The number of aliphatic hydroxyl groups excluding tert-OH is 1. The van der Waals surface area contributed by atoms with E-state index in [1.807, 2.05) is 17.7 Å². The zero-order valence-corrected chi connectivity index (χ0v) is 10.8. The molecule has 0 radical (unpaired) electrons. The number of hydrogen-bond acceptors (Lipinski definition) is 2. The van der Waals surface area contributed by atoms with Crippen LogP contribution in [0.1, 0.15) is 24.4 Å². The van der Waals surface area contributed by atoms with E-state index in [1.165, 1.54) is 0 Å². The molecule has 1 unspecified atom stereocenters. The Morgan fingerprint density at radius 1 is 1.35 bits per heavy atom. The van der Waals surface area contributed by atoms with Crippen LogP contribution in [0.4, 0.5) is 0 Å². The molecule has 1 aromatic carbocycles. The minimum absolute atomic E-state index is 0.429. The van der Waals surface area contributed by atoms with Crippen LogP contribution in [0.5, 0.6) is 0 Å². The molecule has 1 atom stereocenters. The highest BCUT2D eigenvalue weighted by Gasteiger charge is 2.16. The van der Waals surface area contributed by atoms with Gasteiger partial charge in [0.05, 0.1) is 10.0 Å². The van der Waals surface area contributed by atoms with Crippen molar-refractivity contribution in [1.82, 2.24) is 9.55 Å². The first-order valence-electron chi connectivity index (χ1n) is 5.27. The molecule has 5 heteroatoms. The molecule has 1 N–H and O–H groups in total. The van der Waals surface area contributed by atoms with Gasteiger partial charge >= 0.3 is 0 Å². The van der Waals surface area contributed by atoms with Crippen LogP contribution in [-0.2, 0) is 6.54 Å². The third-order valence-corrected chi connectivity index (χ3v) is 3.33. The minimum atomic E-state index is -0.792. The fourth-order valence-corrected chi connectivity index (χ4v) is 1.97. The van der Waals surface area contributed by atoms with Gasteiger partial charge in [-0.1, -0.05) is 29.3 Å². The van der Waals surface area contributed by atoms with Crippen LogP contribution in [0.2, 0.25) is 10.0 Å². The van der Waals surface area contributed by atoms with Gasteiger partial charge in [0.1, 0.15) is 11.9 Å². The second-order valence-electron chi connectivity index (χ2n) is 3.65. The molecule has 1 heterocycles. The second-order valence-corrected chi connectivity index (χ2v) is 4.46. The number of halogens is 2. The lowest BCUT2D eigenvalue weighted by Gasteiger charge is -2.13. The monoisotopic (exact) mass is 270 g/mol. The Labute approximate surface area is 110 Å². The van der Waals surface area contributed by atoms with E-state index in [9.17, 15) is 5.11 Å². The van der Waals surface area contributed by atoms with E-state index in [-0.39, 0.29) is 0 Å². The molecule has 17 heavy (non-hydrogen) atoms. The van der Waals surface area contributed by atoms with Crippen LogP contribution >= 0.6 is 23.2 Å². The molecule has 90 valence electrons. The number of rotatable bonds is 3.